The minimum atomic E-state index is 0.337. The topological polar surface area (TPSA) is 79.6 Å². The Kier molecular flexibility index (Phi) is 1.73. The average molecular weight is 167 g/mol. The molecule has 0 amide bonds. The molecule has 0 spiro atoms. The van der Waals surface area contributed by atoms with Crippen molar-refractivity contribution < 1.29 is 0 Å². The molecule has 0 radical (unpaired) electrons. The first-order chi connectivity index (χ1) is 5.77. The Hall–Kier alpha value is -1.10. The Morgan fingerprint density at radius 1 is 1.58 bits per heavy atom. The van der Waals surface area contributed by atoms with Gasteiger partial charge in [0, 0.05) is 5.92 Å². The fraction of sp³-hybridized carbons (Fsp3) is 0.714. The minimum Gasteiger partial charge on any atom is -0.367 e. The molecule has 2 rings (SSSR count). The van der Waals surface area contributed by atoms with E-state index >= 15 is 0 Å². The van der Waals surface area contributed by atoms with Gasteiger partial charge in [0.2, 0.25) is 5.95 Å². The van der Waals surface area contributed by atoms with E-state index in [1.54, 1.807) is 0 Å². The lowest BCUT2D eigenvalue weighted by atomic mass is 9.88. The Bertz CT molecular complexity index is 265. The normalized spacial score (nSPS) is 20.4. The van der Waals surface area contributed by atoms with E-state index in [4.69, 9.17) is 5.73 Å². The molecule has 5 heteroatoms. The molecule has 12 heavy (non-hydrogen) atoms. The zero-order valence-corrected chi connectivity index (χ0v) is 7.04. The molecule has 0 bridgehead atoms. The van der Waals surface area contributed by atoms with Crippen molar-refractivity contribution in [1.29, 1.82) is 0 Å². The second kappa shape index (κ2) is 2.75. The van der Waals surface area contributed by atoms with Gasteiger partial charge in [0.1, 0.15) is 5.82 Å². The van der Waals surface area contributed by atoms with Gasteiger partial charge in [-0.3, -0.25) is 5.10 Å². The van der Waals surface area contributed by atoms with E-state index in [2.05, 4.69) is 27.4 Å². The molecule has 1 aromatic heterocycles. The van der Waals surface area contributed by atoms with Crippen LogP contribution in [0.1, 0.15) is 18.7 Å². The number of anilines is 1. The first kappa shape index (κ1) is 7.54. The van der Waals surface area contributed by atoms with Gasteiger partial charge < -0.3 is 11.1 Å². The summed E-state index contributed by atoms with van der Waals surface area (Å²) in [5, 5.41) is 9.87. The smallest absolute Gasteiger partial charge is 0.239 e. The zero-order chi connectivity index (χ0) is 8.55. The van der Waals surface area contributed by atoms with Crippen LogP contribution < -0.4 is 11.1 Å². The third kappa shape index (κ3) is 1.16. The number of H-pyrrole nitrogens is 1. The van der Waals surface area contributed by atoms with Crippen LogP contribution in [0, 0.1) is 5.92 Å². The van der Waals surface area contributed by atoms with Gasteiger partial charge in [-0.25, -0.2) is 0 Å². The lowest BCUT2D eigenvalue weighted by Gasteiger charge is -2.31. The van der Waals surface area contributed by atoms with Gasteiger partial charge in [-0.05, 0) is 19.0 Å². The van der Waals surface area contributed by atoms with Crippen LogP contribution in [0.25, 0.3) is 0 Å². The van der Waals surface area contributed by atoms with E-state index in [0.717, 1.165) is 18.9 Å². The van der Waals surface area contributed by atoms with Gasteiger partial charge >= 0.3 is 0 Å². The van der Waals surface area contributed by atoms with Crippen LogP contribution in [0.2, 0.25) is 0 Å². The summed E-state index contributed by atoms with van der Waals surface area (Å²) in [6.07, 6.45) is 0. The predicted molar refractivity (Wildman–Crippen MR) is 45.6 cm³/mol. The molecule has 4 N–H and O–H groups in total. The highest BCUT2D eigenvalue weighted by atomic mass is 15.3. The number of rotatable bonds is 2. The lowest BCUT2D eigenvalue weighted by Crippen LogP contribution is -2.44. The van der Waals surface area contributed by atoms with Gasteiger partial charge in [0.25, 0.3) is 0 Å². The molecule has 5 nitrogen and oxygen atoms in total. The number of hydrogen-bond acceptors (Lipinski definition) is 4. The number of nitrogens with zero attached hydrogens (tertiary/aromatic N) is 2. The summed E-state index contributed by atoms with van der Waals surface area (Å²) < 4.78 is 0. The maximum absolute atomic E-state index is 5.41. The van der Waals surface area contributed by atoms with Crippen molar-refractivity contribution >= 4 is 5.95 Å². The fourth-order valence-electron chi connectivity index (χ4n) is 1.38. The molecular weight excluding hydrogens is 154 g/mol. The van der Waals surface area contributed by atoms with Gasteiger partial charge in [-0.2, -0.15) is 4.98 Å². The van der Waals surface area contributed by atoms with Crippen LogP contribution in [0.4, 0.5) is 5.95 Å². The number of nitrogens with one attached hydrogen (secondary N) is 2. The molecule has 1 aromatic rings. The van der Waals surface area contributed by atoms with Crippen molar-refractivity contribution in [3.63, 3.8) is 0 Å². The van der Waals surface area contributed by atoms with Gasteiger partial charge in [0.15, 0.2) is 0 Å². The Morgan fingerprint density at radius 3 is 2.75 bits per heavy atom. The third-order valence-electron chi connectivity index (χ3n) is 2.47. The SMILES string of the molecule is CC(c1nc(N)n[nH]1)C1CNC1. The summed E-state index contributed by atoms with van der Waals surface area (Å²) in [5.74, 6) is 2.34. The number of nitrogens with two attached hydrogens (primary N) is 1. The molecule has 0 aromatic carbocycles. The van der Waals surface area contributed by atoms with E-state index in [0.29, 0.717) is 17.8 Å². The lowest BCUT2D eigenvalue weighted by molar-refractivity contribution is 0.296. The average Bonchev–Trinajstić information content (AvgIpc) is 2.31. The second-order valence-corrected chi connectivity index (χ2v) is 3.29. The standard InChI is InChI=1S/C7H13N5/c1-4(5-2-9-3-5)6-10-7(8)12-11-6/h4-5,9H,2-3H2,1H3,(H3,8,10,11,12). The summed E-state index contributed by atoms with van der Waals surface area (Å²) in [6.45, 7) is 4.29. The molecule has 1 unspecified atom stereocenters. The minimum absolute atomic E-state index is 0.337. The summed E-state index contributed by atoms with van der Waals surface area (Å²) in [4.78, 5) is 4.10. The molecule has 0 aliphatic carbocycles. The monoisotopic (exact) mass is 167 g/mol. The molecule has 1 atom stereocenters. The van der Waals surface area contributed by atoms with Crippen molar-refractivity contribution in [1.82, 2.24) is 20.5 Å². The first-order valence-electron chi connectivity index (χ1n) is 4.16. The van der Waals surface area contributed by atoms with Crippen molar-refractivity contribution in [3.05, 3.63) is 5.82 Å². The molecule has 2 heterocycles. The van der Waals surface area contributed by atoms with E-state index < -0.39 is 0 Å². The molecule has 1 fully saturated rings. The molecule has 1 aliphatic rings. The van der Waals surface area contributed by atoms with Gasteiger partial charge in [-0.15, -0.1) is 5.10 Å². The van der Waals surface area contributed by atoms with Crippen molar-refractivity contribution in [2.24, 2.45) is 5.92 Å². The second-order valence-electron chi connectivity index (χ2n) is 3.29. The third-order valence-corrected chi connectivity index (χ3v) is 2.47. The van der Waals surface area contributed by atoms with E-state index in [1.807, 2.05) is 0 Å². The van der Waals surface area contributed by atoms with Gasteiger partial charge in [-0.1, -0.05) is 6.92 Å². The molecule has 66 valence electrons. The van der Waals surface area contributed by atoms with Crippen molar-refractivity contribution in [2.45, 2.75) is 12.8 Å². The Morgan fingerprint density at radius 2 is 2.33 bits per heavy atom. The number of aromatic amines is 1. The summed E-state index contributed by atoms with van der Waals surface area (Å²) in [7, 11) is 0. The maximum atomic E-state index is 5.41. The first-order valence-corrected chi connectivity index (χ1v) is 4.16. The zero-order valence-electron chi connectivity index (χ0n) is 7.04. The Balaban J connectivity index is 2.08. The number of nitrogen functional groups attached to an aromatic ring is 1. The highest BCUT2D eigenvalue weighted by Gasteiger charge is 2.26. The van der Waals surface area contributed by atoms with Crippen LogP contribution in [0.15, 0.2) is 0 Å². The predicted octanol–water partition coefficient (Wildman–Crippen LogP) is -0.290. The van der Waals surface area contributed by atoms with E-state index in [-0.39, 0.29) is 0 Å². The van der Waals surface area contributed by atoms with Crippen LogP contribution in [-0.4, -0.2) is 28.3 Å². The molecule has 1 saturated heterocycles. The van der Waals surface area contributed by atoms with Crippen molar-refractivity contribution in [3.8, 4) is 0 Å². The van der Waals surface area contributed by atoms with Gasteiger partial charge in [0.05, 0.1) is 0 Å². The van der Waals surface area contributed by atoms with Crippen LogP contribution in [-0.2, 0) is 0 Å². The van der Waals surface area contributed by atoms with E-state index in [1.165, 1.54) is 0 Å². The van der Waals surface area contributed by atoms with Crippen LogP contribution in [0.3, 0.4) is 0 Å². The summed E-state index contributed by atoms with van der Waals surface area (Å²) in [5.41, 5.74) is 5.41. The van der Waals surface area contributed by atoms with E-state index in [9.17, 15) is 0 Å². The van der Waals surface area contributed by atoms with Crippen molar-refractivity contribution in [2.75, 3.05) is 18.8 Å². The highest BCUT2D eigenvalue weighted by Crippen LogP contribution is 2.24. The Labute approximate surface area is 70.8 Å². The summed E-state index contributed by atoms with van der Waals surface area (Å²) >= 11 is 0. The summed E-state index contributed by atoms with van der Waals surface area (Å²) in [6, 6.07) is 0. The number of hydrogen-bond donors (Lipinski definition) is 3. The molecule has 0 saturated carbocycles. The highest BCUT2D eigenvalue weighted by molar-refractivity contribution is 5.15. The number of aromatic nitrogens is 3. The molecular formula is C7H13N5. The fourth-order valence-corrected chi connectivity index (χ4v) is 1.38. The van der Waals surface area contributed by atoms with Crippen LogP contribution >= 0.6 is 0 Å². The maximum Gasteiger partial charge on any atom is 0.239 e. The quantitative estimate of drug-likeness (QED) is 0.565. The largest absolute Gasteiger partial charge is 0.367 e. The molecule has 1 aliphatic heterocycles. The van der Waals surface area contributed by atoms with Crippen LogP contribution in [0.5, 0.6) is 0 Å².